The van der Waals surface area contributed by atoms with Crippen LogP contribution in [-0.2, 0) is 25.6 Å². The molecule has 0 N–H and O–H groups in total. The van der Waals surface area contributed by atoms with Gasteiger partial charge in [0.25, 0.3) is 0 Å². The third-order valence-electron chi connectivity index (χ3n) is 4.19. The molecule has 1 aromatic rings. The number of alkyl halides is 2. The van der Waals surface area contributed by atoms with E-state index in [-0.39, 0.29) is 6.61 Å². The average Bonchev–Trinajstić information content (AvgIpc) is 3.35. The van der Waals surface area contributed by atoms with E-state index in [4.69, 9.17) is 9.47 Å². The van der Waals surface area contributed by atoms with Crippen LogP contribution in [0.15, 0.2) is 30.3 Å². The summed E-state index contributed by atoms with van der Waals surface area (Å²) in [6.07, 6.45) is -5.88. The molecule has 1 saturated carbocycles. The summed E-state index contributed by atoms with van der Waals surface area (Å²) in [6, 6.07) is 8.57. The Morgan fingerprint density at radius 2 is 1.79 bits per heavy atom. The van der Waals surface area contributed by atoms with E-state index in [1.807, 2.05) is 0 Å². The zero-order chi connectivity index (χ0) is 21.1. The number of amides is 2. The summed E-state index contributed by atoms with van der Waals surface area (Å²) < 4.78 is 41.6. The zero-order valence-electron chi connectivity index (χ0n) is 16.1. The van der Waals surface area contributed by atoms with Crippen LogP contribution < -0.4 is 0 Å². The van der Waals surface area contributed by atoms with E-state index in [0.717, 1.165) is 7.11 Å². The van der Waals surface area contributed by atoms with E-state index < -0.39 is 48.1 Å². The molecule has 9 heteroatoms. The third-order valence-corrected chi connectivity index (χ3v) is 4.19. The number of methoxy groups -OCH3 is 1. The first-order valence-electron chi connectivity index (χ1n) is 8.63. The first kappa shape index (κ1) is 21.6. The molecule has 2 atom stereocenters. The number of hydrogen-bond acceptors (Lipinski definition) is 6. The minimum atomic E-state index is -2.94. The molecule has 1 aliphatic rings. The number of carbonyl (C=O) groups excluding carboxylic acids is 3. The highest BCUT2D eigenvalue weighted by Gasteiger charge is 2.72. The van der Waals surface area contributed by atoms with Gasteiger partial charge in [-0.1, -0.05) is 30.3 Å². The second-order valence-corrected chi connectivity index (χ2v) is 7.42. The molecule has 2 rings (SSSR count). The molecule has 0 spiro atoms. The molecule has 1 fully saturated rings. The van der Waals surface area contributed by atoms with Crippen molar-refractivity contribution in [1.29, 1.82) is 0 Å². The summed E-state index contributed by atoms with van der Waals surface area (Å²) in [4.78, 5) is 37.9. The highest BCUT2D eigenvalue weighted by molar-refractivity contribution is 5.99. The summed E-state index contributed by atoms with van der Waals surface area (Å²) in [7, 11) is 0.994. The summed E-state index contributed by atoms with van der Waals surface area (Å²) in [5.74, 6) is -2.68. The Morgan fingerprint density at radius 3 is 2.25 bits per heavy atom. The predicted octanol–water partition coefficient (Wildman–Crippen LogP) is 3.76. The quantitative estimate of drug-likeness (QED) is 0.554. The molecule has 1 aliphatic carbocycles. The number of nitrogens with zero attached hydrogens (tertiary/aromatic N) is 1. The van der Waals surface area contributed by atoms with Gasteiger partial charge in [0.05, 0.1) is 13.0 Å². The highest BCUT2D eigenvalue weighted by Crippen LogP contribution is 2.53. The van der Waals surface area contributed by atoms with E-state index in [1.54, 1.807) is 51.1 Å². The van der Waals surface area contributed by atoms with Crippen LogP contribution in [0.2, 0.25) is 0 Å². The molecule has 7 nitrogen and oxygen atoms in total. The van der Waals surface area contributed by atoms with Crippen LogP contribution in [0.1, 0.15) is 32.8 Å². The van der Waals surface area contributed by atoms with Crippen LogP contribution >= 0.6 is 0 Å². The van der Waals surface area contributed by atoms with Gasteiger partial charge in [-0.25, -0.2) is 23.2 Å². The molecule has 154 valence electrons. The van der Waals surface area contributed by atoms with E-state index in [0.29, 0.717) is 10.5 Å². The van der Waals surface area contributed by atoms with Crippen molar-refractivity contribution in [3.63, 3.8) is 0 Å². The van der Waals surface area contributed by atoms with Crippen molar-refractivity contribution >= 4 is 18.2 Å². The van der Waals surface area contributed by atoms with Crippen molar-refractivity contribution in [2.45, 2.75) is 51.4 Å². The molecule has 2 amide bonds. The molecule has 28 heavy (non-hydrogen) atoms. The van der Waals surface area contributed by atoms with E-state index in [2.05, 4.69) is 4.74 Å². The fourth-order valence-electron chi connectivity index (χ4n) is 2.83. The molecular weight excluding hydrogens is 376 g/mol. The summed E-state index contributed by atoms with van der Waals surface area (Å²) >= 11 is 0. The maximum absolute atomic E-state index is 13.3. The number of esters is 1. The lowest BCUT2D eigenvalue weighted by atomic mass is 10.1. The lowest BCUT2D eigenvalue weighted by Crippen LogP contribution is -2.54. The Hall–Kier alpha value is -2.71. The van der Waals surface area contributed by atoms with Crippen LogP contribution in [0, 0.1) is 5.92 Å². The van der Waals surface area contributed by atoms with Gasteiger partial charge in [0.1, 0.15) is 12.2 Å². The predicted molar refractivity (Wildman–Crippen MR) is 93.6 cm³/mol. The van der Waals surface area contributed by atoms with Crippen molar-refractivity contribution < 1.29 is 37.4 Å². The number of imide groups is 1. The van der Waals surface area contributed by atoms with E-state index in [9.17, 15) is 23.2 Å². The zero-order valence-corrected chi connectivity index (χ0v) is 16.1. The van der Waals surface area contributed by atoms with Gasteiger partial charge in [0.15, 0.2) is 5.54 Å². The SMILES string of the molecule is COC(=O)C1(N(C(=O)OCc2ccccc2)C(=O)OC(C)(C)C)CC1C(F)F. The Labute approximate surface area is 161 Å². The Morgan fingerprint density at radius 1 is 1.18 bits per heavy atom. The minimum absolute atomic E-state index is 0.213. The first-order chi connectivity index (χ1) is 13.0. The van der Waals surface area contributed by atoms with Gasteiger partial charge in [0.2, 0.25) is 6.43 Å². The number of benzene rings is 1. The second kappa shape index (κ2) is 8.12. The molecule has 0 heterocycles. The monoisotopic (exact) mass is 399 g/mol. The Balaban J connectivity index is 2.32. The highest BCUT2D eigenvalue weighted by atomic mass is 19.3. The number of hydrogen-bond donors (Lipinski definition) is 0. The van der Waals surface area contributed by atoms with Crippen molar-refractivity contribution in [3.8, 4) is 0 Å². The molecule has 0 radical (unpaired) electrons. The fourth-order valence-corrected chi connectivity index (χ4v) is 2.83. The largest absolute Gasteiger partial charge is 0.467 e. The van der Waals surface area contributed by atoms with Gasteiger partial charge in [-0.3, -0.25) is 0 Å². The molecule has 0 aliphatic heterocycles. The average molecular weight is 399 g/mol. The van der Waals surface area contributed by atoms with Crippen LogP contribution in [0.3, 0.4) is 0 Å². The maximum atomic E-state index is 13.3. The van der Waals surface area contributed by atoms with Crippen LogP contribution in [0.5, 0.6) is 0 Å². The molecule has 0 saturated heterocycles. The standard InChI is InChI=1S/C19H23F2NO6/c1-18(2,3)28-17(25)22(16(24)27-11-12-8-6-5-7-9-12)19(15(23)26-4)10-13(19)14(20)21/h5-9,13-14H,10-11H2,1-4H3. The fraction of sp³-hybridized carbons (Fsp3) is 0.526. The van der Waals surface area contributed by atoms with Crippen LogP contribution in [0.4, 0.5) is 18.4 Å². The van der Waals surface area contributed by atoms with Crippen LogP contribution in [0.25, 0.3) is 0 Å². The van der Waals surface area contributed by atoms with E-state index >= 15 is 0 Å². The minimum Gasteiger partial charge on any atom is -0.467 e. The van der Waals surface area contributed by atoms with Crippen molar-refractivity contribution in [3.05, 3.63) is 35.9 Å². The molecule has 0 bridgehead atoms. The summed E-state index contributed by atoms with van der Waals surface area (Å²) in [5, 5.41) is 0. The van der Waals surface area contributed by atoms with Crippen molar-refractivity contribution in [2.75, 3.05) is 7.11 Å². The number of carbonyl (C=O) groups is 3. The van der Waals surface area contributed by atoms with Gasteiger partial charge in [-0.05, 0) is 32.8 Å². The first-order valence-corrected chi connectivity index (χ1v) is 8.63. The second-order valence-electron chi connectivity index (χ2n) is 7.42. The normalized spacial score (nSPS) is 21.0. The van der Waals surface area contributed by atoms with Gasteiger partial charge in [0, 0.05) is 0 Å². The number of ether oxygens (including phenoxy) is 3. The van der Waals surface area contributed by atoms with Crippen molar-refractivity contribution in [1.82, 2.24) is 4.90 Å². The molecule has 2 unspecified atom stereocenters. The summed E-state index contributed by atoms with van der Waals surface area (Å²) in [6.45, 7) is 4.41. The third kappa shape index (κ3) is 4.58. The van der Waals surface area contributed by atoms with Crippen LogP contribution in [-0.4, -0.2) is 47.7 Å². The van der Waals surface area contributed by atoms with Crippen molar-refractivity contribution in [2.24, 2.45) is 5.92 Å². The molecule has 1 aromatic carbocycles. The molecule has 0 aromatic heterocycles. The topological polar surface area (TPSA) is 82.1 Å². The van der Waals surface area contributed by atoms with Gasteiger partial charge in [-0.2, -0.15) is 4.90 Å². The Kier molecular flexibility index (Phi) is 6.26. The lowest BCUT2D eigenvalue weighted by Gasteiger charge is -2.30. The maximum Gasteiger partial charge on any atom is 0.420 e. The smallest absolute Gasteiger partial charge is 0.420 e. The number of rotatable bonds is 5. The Bertz CT molecular complexity index is 734. The lowest BCUT2D eigenvalue weighted by molar-refractivity contribution is -0.149. The van der Waals surface area contributed by atoms with Gasteiger partial charge in [-0.15, -0.1) is 0 Å². The number of halogens is 2. The van der Waals surface area contributed by atoms with Gasteiger partial charge >= 0.3 is 18.2 Å². The van der Waals surface area contributed by atoms with E-state index in [1.165, 1.54) is 0 Å². The van der Waals surface area contributed by atoms with Gasteiger partial charge < -0.3 is 14.2 Å². The molecular formula is C19H23F2NO6. The summed E-state index contributed by atoms with van der Waals surface area (Å²) in [5.41, 5.74) is -2.56.